The predicted octanol–water partition coefficient (Wildman–Crippen LogP) is 3.77. The number of hydrogen-bond acceptors (Lipinski definition) is 5. The first-order chi connectivity index (χ1) is 10.6. The highest BCUT2D eigenvalue weighted by Gasteiger charge is 2.21. The van der Waals surface area contributed by atoms with Crippen LogP contribution in [0.1, 0.15) is 11.8 Å². The van der Waals surface area contributed by atoms with Crippen molar-refractivity contribution in [1.29, 1.82) is 0 Å². The summed E-state index contributed by atoms with van der Waals surface area (Å²) in [6.45, 7) is 1.99. The van der Waals surface area contributed by atoms with Gasteiger partial charge in [0.2, 0.25) is 5.88 Å². The summed E-state index contributed by atoms with van der Waals surface area (Å²) in [5.74, 6) is 0.123. The van der Waals surface area contributed by atoms with Crippen molar-refractivity contribution in [1.82, 2.24) is 5.16 Å². The van der Waals surface area contributed by atoms with Crippen molar-refractivity contribution in [2.45, 2.75) is 17.6 Å². The molecule has 114 valence electrons. The molecular weight excluding hydrogens is 320 g/mol. The lowest BCUT2D eigenvalue weighted by Crippen LogP contribution is -2.11. The van der Waals surface area contributed by atoms with Crippen LogP contribution in [0, 0.1) is 0 Å². The smallest absolute Gasteiger partial charge is 0.273 e. The molecule has 3 rings (SSSR count). The molecule has 0 spiro atoms. The molecule has 0 aliphatic rings. The first-order valence-electron chi connectivity index (χ1n) is 6.72. The molecule has 22 heavy (non-hydrogen) atoms. The molecule has 7 heteroatoms. The van der Waals surface area contributed by atoms with Crippen molar-refractivity contribution in [2.75, 3.05) is 4.72 Å². The predicted molar refractivity (Wildman–Crippen MR) is 86.4 cm³/mol. The van der Waals surface area contributed by atoms with Gasteiger partial charge in [-0.2, -0.15) is 0 Å². The van der Waals surface area contributed by atoms with Crippen LogP contribution in [0.5, 0.6) is 0 Å². The SMILES string of the molecule is CCc1ccc(S(=O)(=O)Nc2oncc2-c2ccccc2)s1. The number of aromatic nitrogens is 1. The van der Waals surface area contributed by atoms with Gasteiger partial charge in [0.25, 0.3) is 10.0 Å². The molecule has 5 nitrogen and oxygen atoms in total. The minimum atomic E-state index is -3.67. The number of rotatable bonds is 5. The largest absolute Gasteiger partial charge is 0.337 e. The normalized spacial score (nSPS) is 11.5. The van der Waals surface area contributed by atoms with E-state index in [1.54, 1.807) is 6.07 Å². The van der Waals surface area contributed by atoms with Gasteiger partial charge in [0.15, 0.2) is 0 Å². The average Bonchev–Trinajstić information content (AvgIpc) is 3.16. The summed E-state index contributed by atoms with van der Waals surface area (Å²) in [5, 5.41) is 3.70. The fraction of sp³-hybridized carbons (Fsp3) is 0.133. The van der Waals surface area contributed by atoms with Gasteiger partial charge in [-0.3, -0.25) is 0 Å². The summed E-state index contributed by atoms with van der Waals surface area (Å²) >= 11 is 1.25. The average molecular weight is 334 g/mol. The van der Waals surface area contributed by atoms with Gasteiger partial charge < -0.3 is 4.52 Å². The second kappa shape index (κ2) is 5.94. The van der Waals surface area contributed by atoms with Crippen LogP contribution in [0.2, 0.25) is 0 Å². The van der Waals surface area contributed by atoms with Crippen LogP contribution in [-0.2, 0) is 16.4 Å². The Kier molecular flexibility index (Phi) is 4.00. The van der Waals surface area contributed by atoms with Gasteiger partial charge in [0, 0.05) is 4.88 Å². The summed E-state index contributed by atoms with van der Waals surface area (Å²) in [4.78, 5) is 1.02. The van der Waals surface area contributed by atoms with E-state index in [0.29, 0.717) is 5.56 Å². The molecule has 0 unspecified atom stereocenters. The molecule has 0 bridgehead atoms. The third kappa shape index (κ3) is 2.90. The summed E-state index contributed by atoms with van der Waals surface area (Å²) in [6, 6.07) is 12.8. The second-order valence-corrected chi connectivity index (χ2v) is 7.69. The lowest BCUT2D eigenvalue weighted by Gasteiger charge is -2.05. The Bertz CT molecular complexity index is 867. The van der Waals surface area contributed by atoms with Crippen LogP contribution in [0.3, 0.4) is 0 Å². The van der Waals surface area contributed by atoms with Crippen molar-refractivity contribution in [3.8, 4) is 11.1 Å². The zero-order valence-corrected chi connectivity index (χ0v) is 13.4. The Balaban J connectivity index is 1.92. The molecule has 3 aromatic rings. The molecule has 0 fully saturated rings. The number of nitrogens with one attached hydrogen (secondary N) is 1. The van der Waals surface area contributed by atoms with Crippen molar-refractivity contribution in [3.05, 3.63) is 53.5 Å². The van der Waals surface area contributed by atoms with E-state index in [1.165, 1.54) is 17.5 Å². The lowest BCUT2D eigenvalue weighted by molar-refractivity contribution is 0.436. The Morgan fingerprint density at radius 3 is 2.64 bits per heavy atom. The second-order valence-electron chi connectivity index (χ2n) is 4.61. The van der Waals surface area contributed by atoms with Gasteiger partial charge in [-0.05, 0) is 24.1 Å². The molecule has 0 aliphatic heterocycles. The third-order valence-electron chi connectivity index (χ3n) is 3.13. The van der Waals surface area contributed by atoms with E-state index in [-0.39, 0.29) is 10.1 Å². The number of anilines is 1. The summed E-state index contributed by atoms with van der Waals surface area (Å²) in [6.07, 6.45) is 2.30. The van der Waals surface area contributed by atoms with Crippen LogP contribution < -0.4 is 4.72 Å². The Labute approximate surface area is 132 Å². The molecule has 0 radical (unpaired) electrons. The number of hydrogen-bond donors (Lipinski definition) is 1. The standard InChI is InChI=1S/C15H14N2O3S2/c1-2-12-8-9-14(21-12)22(18,19)17-15-13(10-16-20-15)11-6-4-3-5-7-11/h3-10,17H,2H2,1H3. The topological polar surface area (TPSA) is 72.2 Å². The van der Waals surface area contributed by atoms with Crippen LogP contribution in [0.15, 0.2) is 57.4 Å². The first-order valence-corrected chi connectivity index (χ1v) is 9.02. The summed E-state index contributed by atoms with van der Waals surface area (Å²) in [5.41, 5.74) is 1.44. The molecule has 2 aromatic heterocycles. The van der Waals surface area contributed by atoms with Crippen LogP contribution in [0.4, 0.5) is 5.88 Å². The molecule has 0 saturated heterocycles. The lowest BCUT2D eigenvalue weighted by atomic mass is 10.1. The molecule has 1 aromatic carbocycles. The number of aryl methyl sites for hydroxylation is 1. The minimum absolute atomic E-state index is 0.123. The van der Waals surface area contributed by atoms with Gasteiger partial charge in [-0.25, -0.2) is 13.1 Å². The van der Waals surface area contributed by atoms with Crippen LogP contribution >= 0.6 is 11.3 Å². The maximum absolute atomic E-state index is 12.4. The monoisotopic (exact) mass is 334 g/mol. The quantitative estimate of drug-likeness (QED) is 0.771. The van der Waals surface area contributed by atoms with Crippen molar-refractivity contribution < 1.29 is 12.9 Å². The molecule has 0 saturated carbocycles. The maximum atomic E-state index is 12.4. The minimum Gasteiger partial charge on any atom is -0.337 e. The van der Waals surface area contributed by atoms with Gasteiger partial charge in [-0.1, -0.05) is 42.4 Å². The number of benzene rings is 1. The van der Waals surface area contributed by atoms with E-state index in [2.05, 4.69) is 9.88 Å². The zero-order valence-electron chi connectivity index (χ0n) is 11.8. The van der Waals surface area contributed by atoms with Gasteiger partial charge in [-0.15, -0.1) is 11.3 Å². The summed E-state index contributed by atoms with van der Waals surface area (Å²) in [7, 11) is -3.67. The maximum Gasteiger partial charge on any atom is 0.273 e. The number of sulfonamides is 1. The van der Waals surface area contributed by atoms with Crippen LogP contribution in [-0.4, -0.2) is 13.6 Å². The van der Waals surface area contributed by atoms with Gasteiger partial charge in [0.05, 0.1) is 11.8 Å². The Morgan fingerprint density at radius 1 is 1.18 bits per heavy atom. The fourth-order valence-electron chi connectivity index (χ4n) is 2.00. The molecular formula is C15H14N2O3S2. The van der Waals surface area contributed by atoms with Crippen molar-refractivity contribution in [3.63, 3.8) is 0 Å². The van der Waals surface area contributed by atoms with E-state index in [1.807, 2.05) is 43.3 Å². The van der Waals surface area contributed by atoms with Gasteiger partial charge in [0.1, 0.15) is 4.21 Å². The zero-order chi connectivity index (χ0) is 15.6. The highest BCUT2D eigenvalue weighted by Crippen LogP contribution is 2.30. The Morgan fingerprint density at radius 2 is 1.95 bits per heavy atom. The fourth-order valence-corrected chi connectivity index (χ4v) is 4.30. The Hall–Kier alpha value is -2.12. The molecule has 0 atom stereocenters. The van der Waals surface area contributed by atoms with E-state index < -0.39 is 10.0 Å². The van der Waals surface area contributed by atoms with Crippen molar-refractivity contribution >= 4 is 27.2 Å². The molecule has 0 aliphatic carbocycles. The van der Waals surface area contributed by atoms with Crippen LogP contribution in [0.25, 0.3) is 11.1 Å². The number of nitrogens with zero attached hydrogens (tertiary/aromatic N) is 1. The highest BCUT2D eigenvalue weighted by molar-refractivity contribution is 7.94. The first kappa shape index (κ1) is 14.8. The van der Waals surface area contributed by atoms with E-state index in [4.69, 9.17) is 4.52 Å². The molecule has 2 heterocycles. The number of thiophene rings is 1. The van der Waals surface area contributed by atoms with E-state index >= 15 is 0 Å². The van der Waals surface area contributed by atoms with E-state index in [0.717, 1.165) is 16.9 Å². The summed E-state index contributed by atoms with van der Waals surface area (Å²) < 4.78 is 32.7. The van der Waals surface area contributed by atoms with Crippen molar-refractivity contribution in [2.24, 2.45) is 0 Å². The van der Waals surface area contributed by atoms with E-state index in [9.17, 15) is 8.42 Å². The molecule has 0 amide bonds. The van der Waals surface area contributed by atoms with Gasteiger partial charge >= 0.3 is 0 Å². The molecule has 1 N–H and O–H groups in total. The third-order valence-corrected chi connectivity index (χ3v) is 6.18. The highest BCUT2D eigenvalue weighted by atomic mass is 32.2.